The molecule has 0 aromatic heterocycles. The van der Waals surface area contributed by atoms with Gasteiger partial charge in [-0.05, 0) is 63.3 Å². The van der Waals surface area contributed by atoms with Crippen LogP contribution in [0.1, 0.15) is 12.8 Å². The van der Waals surface area contributed by atoms with E-state index in [9.17, 15) is 9.59 Å². The summed E-state index contributed by atoms with van der Waals surface area (Å²) in [4.78, 5) is 22.2. The van der Waals surface area contributed by atoms with Crippen LogP contribution in [-0.2, 0) is 13.7 Å². The summed E-state index contributed by atoms with van der Waals surface area (Å²) in [6, 6.07) is 2.04. The number of hydrogen-bond donors (Lipinski definition) is 2. The Labute approximate surface area is 142 Å². The van der Waals surface area contributed by atoms with Crippen molar-refractivity contribution >= 4 is 28.4 Å². The monoisotopic (exact) mass is 356 g/mol. The standard InChI is InChI=1S/C16H32N2O3Si2/c1-7-15(19)17-11-9-13-22(3,4)21-23(5,6)14-10-12-18-16(20)8-2/h7-8H,1-2,9-14H2,3-6H3,(H,17,19)(H,18,20). The zero-order chi connectivity index (χ0) is 17.9. The number of nitrogens with one attached hydrogen (secondary N) is 2. The van der Waals surface area contributed by atoms with Gasteiger partial charge in [0, 0.05) is 13.1 Å². The summed E-state index contributed by atoms with van der Waals surface area (Å²) in [6.45, 7) is 17.1. The lowest BCUT2D eigenvalue weighted by Gasteiger charge is -2.34. The molecule has 0 unspecified atom stereocenters. The van der Waals surface area contributed by atoms with Gasteiger partial charge < -0.3 is 14.7 Å². The van der Waals surface area contributed by atoms with Crippen LogP contribution in [-0.4, -0.2) is 41.5 Å². The molecule has 0 saturated carbocycles. The Balaban J connectivity index is 4.08. The first-order valence-electron chi connectivity index (χ1n) is 8.12. The zero-order valence-electron chi connectivity index (χ0n) is 15.0. The van der Waals surface area contributed by atoms with E-state index >= 15 is 0 Å². The first-order chi connectivity index (χ1) is 10.6. The minimum Gasteiger partial charge on any atom is -0.455 e. The molecule has 0 rings (SSSR count). The van der Waals surface area contributed by atoms with Gasteiger partial charge in [0.1, 0.15) is 0 Å². The summed E-state index contributed by atoms with van der Waals surface area (Å²) in [5, 5.41) is 5.60. The fourth-order valence-electron chi connectivity index (χ4n) is 2.45. The summed E-state index contributed by atoms with van der Waals surface area (Å²) in [6.07, 6.45) is 4.44. The molecule has 0 spiro atoms. The quantitative estimate of drug-likeness (QED) is 0.321. The molecular weight excluding hydrogens is 324 g/mol. The molecule has 0 bridgehead atoms. The van der Waals surface area contributed by atoms with Crippen LogP contribution in [0.2, 0.25) is 38.3 Å². The van der Waals surface area contributed by atoms with Gasteiger partial charge in [-0.3, -0.25) is 9.59 Å². The van der Waals surface area contributed by atoms with E-state index in [-0.39, 0.29) is 11.8 Å². The Bertz CT molecular complexity index is 386. The molecule has 0 aromatic rings. The smallest absolute Gasteiger partial charge is 0.243 e. The van der Waals surface area contributed by atoms with Crippen LogP contribution in [0.3, 0.4) is 0 Å². The number of hydrogen-bond acceptors (Lipinski definition) is 3. The lowest BCUT2D eigenvalue weighted by atomic mass is 10.4. The largest absolute Gasteiger partial charge is 0.455 e. The summed E-state index contributed by atoms with van der Waals surface area (Å²) in [5.74, 6) is -0.247. The van der Waals surface area contributed by atoms with E-state index in [1.54, 1.807) is 0 Å². The van der Waals surface area contributed by atoms with E-state index in [2.05, 4.69) is 50.0 Å². The van der Waals surface area contributed by atoms with Crippen molar-refractivity contribution in [1.82, 2.24) is 10.6 Å². The third kappa shape index (κ3) is 12.0. The summed E-state index contributed by atoms with van der Waals surface area (Å²) >= 11 is 0. The predicted molar refractivity (Wildman–Crippen MR) is 101 cm³/mol. The predicted octanol–water partition coefficient (Wildman–Crippen LogP) is 2.80. The van der Waals surface area contributed by atoms with Crippen LogP contribution >= 0.6 is 0 Å². The molecule has 2 amide bonds. The van der Waals surface area contributed by atoms with Crippen molar-refractivity contribution in [2.45, 2.75) is 51.1 Å². The molecule has 0 aliphatic rings. The molecule has 0 radical (unpaired) electrons. The van der Waals surface area contributed by atoms with Gasteiger partial charge in [0.2, 0.25) is 11.8 Å². The van der Waals surface area contributed by atoms with Gasteiger partial charge in [-0.15, -0.1) is 0 Å². The van der Waals surface area contributed by atoms with Crippen LogP contribution < -0.4 is 10.6 Å². The summed E-state index contributed by atoms with van der Waals surface area (Å²) in [5.41, 5.74) is 0. The molecule has 0 aromatic carbocycles. The Hall–Kier alpha value is -1.19. The van der Waals surface area contributed by atoms with Crippen molar-refractivity contribution in [3.8, 4) is 0 Å². The zero-order valence-corrected chi connectivity index (χ0v) is 17.0. The van der Waals surface area contributed by atoms with Gasteiger partial charge in [0.15, 0.2) is 16.6 Å². The summed E-state index contributed by atoms with van der Waals surface area (Å²) < 4.78 is 6.50. The topological polar surface area (TPSA) is 67.4 Å². The Kier molecular flexibility index (Phi) is 10.0. The van der Waals surface area contributed by atoms with Crippen molar-refractivity contribution in [2.24, 2.45) is 0 Å². The van der Waals surface area contributed by atoms with E-state index in [1.165, 1.54) is 12.2 Å². The second-order valence-corrected chi connectivity index (χ2v) is 15.7. The molecule has 0 atom stereocenters. The molecule has 23 heavy (non-hydrogen) atoms. The highest BCUT2D eigenvalue weighted by Crippen LogP contribution is 2.23. The number of carbonyl (C=O) groups excluding carboxylic acids is 2. The van der Waals surface area contributed by atoms with Gasteiger partial charge in [-0.1, -0.05) is 13.2 Å². The van der Waals surface area contributed by atoms with E-state index in [0.29, 0.717) is 13.1 Å². The highest BCUT2D eigenvalue weighted by molar-refractivity contribution is 6.84. The van der Waals surface area contributed by atoms with Gasteiger partial charge in [-0.2, -0.15) is 0 Å². The molecule has 0 heterocycles. The van der Waals surface area contributed by atoms with Crippen LogP contribution in [0.5, 0.6) is 0 Å². The van der Waals surface area contributed by atoms with Gasteiger partial charge >= 0.3 is 0 Å². The van der Waals surface area contributed by atoms with E-state index in [4.69, 9.17) is 4.12 Å². The van der Waals surface area contributed by atoms with Gasteiger partial charge in [0.05, 0.1) is 0 Å². The van der Waals surface area contributed by atoms with Crippen LogP contribution in [0.4, 0.5) is 0 Å². The number of rotatable bonds is 12. The normalized spacial score (nSPS) is 11.7. The third-order valence-corrected chi connectivity index (χ3v) is 11.0. The van der Waals surface area contributed by atoms with Crippen molar-refractivity contribution in [3.05, 3.63) is 25.3 Å². The molecule has 132 valence electrons. The second-order valence-electron chi connectivity index (χ2n) is 6.82. The fourth-order valence-corrected chi connectivity index (χ4v) is 11.3. The SMILES string of the molecule is C=CC(=O)NCCC[Si](C)(C)O[Si](C)(C)CCCNC(=O)C=C. The minimum atomic E-state index is -1.73. The number of carbonyl (C=O) groups is 2. The lowest BCUT2D eigenvalue weighted by molar-refractivity contribution is -0.117. The average Bonchev–Trinajstić information content (AvgIpc) is 2.46. The second kappa shape index (κ2) is 10.6. The maximum Gasteiger partial charge on any atom is 0.243 e. The van der Waals surface area contributed by atoms with E-state index < -0.39 is 16.6 Å². The highest BCUT2D eigenvalue weighted by atomic mass is 28.4. The van der Waals surface area contributed by atoms with Crippen LogP contribution in [0, 0.1) is 0 Å². The van der Waals surface area contributed by atoms with Crippen molar-refractivity contribution in [1.29, 1.82) is 0 Å². The Morgan fingerprint density at radius 1 is 0.870 bits per heavy atom. The summed E-state index contributed by atoms with van der Waals surface area (Å²) in [7, 11) is -3.46. The fraction of sp³-hybridized carbons (Fsp3) is 0.625. The van der Waals surface area contributed by atoms with Gasteiger partial charge in [-0.25, -0.2) is 0 Å². The maximum atomic E-state index is 11.1. The van der Waals surface area contributed by atoms with Gasteiger partial charge in [0.25, 0.3) is 0 Å². The van der Waals surface area contributed by atoms with E-state index in [1.807, 2.05) is 0 Å². The van der Waals surface area contributed by atoms with Crippen molar-refractivity contribution in [3.63, 3.8) is 0 Å². The maximum absolute atomic E-state index is 11.1. The lowest BCUT2D eigenvalue weighted by Crippen LogP contribution is -2.44. The molecule has 0 aliphatic carbocycles. The van der Waals surface area contributed by atoms with Crippen LogP contribution in [0.15, 0.2) is 25.3 Å². The average molecular weight is 357 g/mol. The molecule has 2 N–H and O–H groups in total. The third-order valence-electron chi connectivity index (χ3n) is 3.43. The van der Waals surface area contributed by atoms with Crippen LogP contribution in [0.25, 0.3) is 0 Å². The molecule has 0 saturated heterocycles. The first-order valence-corrected chi connectivity index (χ1v) is 14.4. The Morgan fingerprint density at radius 3 is 1.52 bits per heavy atom. The molecule has 7 heteroatoms. The Morgan fingerprint density at radius 2 is 1.22 bits per heavy atom. The molecular formula is C16H32N2O3Si2. The van der Waals surface area contributed by atoms with Crippen molar-refractivity contribution in [2.75, 3.05) is 13.1 Å². The van der Waals surface area contributed by atoms with Crippen molar-refractivity contribution < 1.29 is 13.7 Å². The number of amides is 2. The molecule has 5 nitrogen and oxygen atoms in total. The van der Waals surface area contributed by atoms with E-state index in [0.717, 1.165) is 24.9 Å². The molecule has 0 aliphatic heterocycles. The first kappa shape index (κ1) is 21.8. The minimum absolute atomic E-state index is 0.123. The molecule has 0 fully saturated rings. The highest BCUT2D eigenvalue weighted by Gasteiger charge is 2.32.